The SMILES string of the molecule is O=CN1CCN(c2nc(NC3CCCCC3)c([N+](=O)[O-])c([N+]3([O-])CCSCC3)n2)CC1. The Bertz CT molecular complexity index is 807. The molecule has 11 nitrogen and oxygen atoms in total. The fourth-order valence-electron chi connectivity index (χ4n) is 4.44. The van der Waals surface area contributed by atoms with Crippen molar-refractivity contribution in [3.05, 3.63) is 15.3 Å². The number of hydroxylamine groups is 2. The van der Waals surface area contributed by atoms with Gasteiger partial charge in [-0.2, -0.15) is 21.7 Å². The molecule has 0 bridgehead atoms. The third kappa shape index (κ3) is 4.85. The number of aromatic nitrogens is 2. The molecule has 1 aliphatic carbocycles. The van der Waals surface area contributed by atoms with Gasteiger partial charge in [-0.25, -0.2) is 0 Å². The van der Waals surface area contributed by atoms with Crippen LogP contribution in [0.4, 0.5) is 23.3 Å². The van der Waals surface area contributed by atoms with E-state index >= 15 is 0 Å². The number of carbonyl (C=O) groups is 1. The van der Waals surface area contributed by atoms with E-state index < -0.39 is 9.57 Å². The molecule has 1 saturated carbocycles. The normalized spacial score (nSPS) is 22.2. The smallest absolute Gasteiger partial charge is 0.392 e. The molecule has 31 heavy (non-hydrogen) atoms. The van der Waals surface area contributed by atoms with Gasteiger partial charge in [-0.1, -0.05) is 19.3 Å². The van der Waals surface area contributed by atoms with Crippen molar-refractivity contribution in [3.8, 4) is 0 Å². The first-order valence-electron chi connectivity index (χ1n) is 10.9. The molecule has 1 aromatic heterocycles. The van der Waals surface area contributed by atoms with Gasteiger partial charge in [0, 0.05) is 43.7 Å². The quantitative estimate of drug-likeness (QED) is 0.227. The van der Waals surface area contributed by atoms with Gasteiger partial charge >= 0.3 is 11.5 Å². The molecule has 4 rings (SSSR count). The molecule has 0 aromatic carbocycles. The fourth-order valence-corrected chi connectivity index (χ4v) is 5.50. The summed E-state index contributed by atoms with van der Waals surface area (Å²) in [6.45, 7) is 2.60. The summed E-state index contributed by atoms with van der Waals surface area (Å²) in [5, 5.41) is 29.1. The third-order valence-corrected chi connectivity index (χ3v) is 7.25. The van der Waals surface area contributed by atoms with Crippen LogP contribution < -0.4 is 14.9 Å². The lowest BCUT2D eigenvalue weighted by atomic mass is 9.95. The lowest BCUT2D eigenvalue weighted by Gasteiger charge is -2.43. The van der Waals surface area contributed by atoms with Crippen molar-refractivity contribution in [3.63, 3.8) is 0 Å². The Balaban J connectivity index is 1.74. The first-order chi connectivity index (χ1) is 15.0. The minimum absolute atomic E-state index is 0.0496. The van der Waals surface area contributed by atoms with E-state index in [1.807, 2.05) is 4.90 Å². The van der Waals surface area contributed by atoms with Crippen LogP contribution in [0.3, 0.4) is 0 Å². The molecule has 0 atom stereocenters. The summed E-state index contributed by atoms with van der Waals surface area (Å²) in [4.78, 5) is 35.3. The fraction of sp³-hybridized carbons (Fsp3) is 0.737. The van der Waals surface area contributed by atoms with E-state index in [-0.39, 0.29) is 36.5 Å². The van der Waals surface area contributed by atoms with Crippen molar-refractivity contribution < 1.29 is 9.72 Å². The molecule has 170 valence electrons. The second kappa shape index (κ2) is 9.53. The van der Waals surface area contributed by atoms with Gasteiger partial charge in [0.1, 0.15) is 0 Å². The number of nitro groups is 1. The van der Waals surface area contributed by atoms with Crippen LogP contribution >= 0.6 is 11.8 Å². The predicted octanol–water partition coefficient (Wildman–Crippen LogP) is 1.96. The number of nitrogens with zero attached hydrogens (tertiary/aromatic N) is 6. The average molecular weight is 452 g/mol. The molecule has 2 aliphatic heterocycles. The van der Waals surface area contributed by atoms with Crippen LogP contribution in [-0.2, 0) is 4.79 Å². The van der Waals surface area contributed by atoms with E-state index in [0.717, 1.165) is 32.1 Å². The monoisotopic (exact) mass is 451 g/mol. The van der Waals surface area contributed by atoms with Gasteiger partial charge in [-0.3, -0.25) is 14.9 Å². The van der Waals surface area contributed by atoms with Gasteiger partial charge in [-0.05, 0) is 12.8 Å². The molecule has 1 N–H and O–H groups in total. The standard InChI is InChI=1S/C19H29N7O4S/c27-14-23-6-8-24(9-7-23)19-21-17(20-15-4-2-1-3-5-15)16(25(28)29)18(22-19)26(30)10-12-31-13-11-26/h14-15H,1-13H2,(H,20,21,22). The summed E-state index contributed by atoms with van der Waals surface area (Å²) in [5.74, 6) is 1.72. The van der Waals surface area contributed by atoms with Crippen LogP contribution in [0, 0.1) is 15.3 Å². The van der Waals surface area contributed by atoms with Crippen LogP contribution in [0.1, 0.15) is 32.1 Å². The number of hydrogen-bond donors (Lipinski definition) is 1. The number of amides is 1. The highest BCUT2D eigenvalue weighted by Gasteiger charge is 2.39. The van der Waals surface area contributed by atoms with Gasteiger partial charge in [-0.15, -0.1) is 0 Å². The third-order valence-electron chi connectivity index (χ3n) is 6.31. The zero-order valence-corrected chi connectivity index (χ0v) is 18.4. The Morgan fingerprint density at radius 2 is 1.77 bits per heavy atom. The van der Waals surface area contributed by atoms with Gasteiger partial charge in [0.2, 0.25) is 18.2 Å². The van der Waals surface area contributed by atoms with E-state index in [4.69, 9.17) is 0 Å². The summed E-state index contributed by atoms with van der Waals surface area (Å²) in [6, 6.07) is 0.104. The van der Waals surface area contributed by atoms with E-state index in [2.05, 4.69) is 15.3 Å². The van der Waals surface area contributed by atoms with Gasteiger partial charge in [0.05, 0.1) is 18.0 Å². The second-order valence-corrected chi connectivity index (χ2v) is 9.58. The lowest BCUT2D eigenvalue weighted by molar-refractivity contribution is -0.384. The van der Waals surface area contributed by atoms with Crippen molar-refractivity contribution in [2.24, 2.45) is 0 Å². The minimum Gasteiger partial charge on any atom is -0.626 e. The topological polar surface area (TPSA) is 128 Å². The van der Waals surface area contributed by atoms with Crippen molar-refractivity contribution >= 4 is 41.4 Å². The molecule has 3 heterocycles. The molecule has 2 saturated heterocycles. The van der Waals surface area contributed by atoms with Crippen LogP contribution in [-0.4, -0.2) is 83.0 Å². The second-order valence-electron chi connectivity index (χ2n) is 8.36. The maximum Gasteiger partial charge on any atom is 0.392 e. The molecular weight excluding hydrogens is 422 g/mol. The zero-order chi connectivity index (χ0) is 21.8. The maximum atomic E-state index is 13.7. The summed E-state index contributed by atoms with van der Waals surface area (Å²) in [6.07, 6.45) is 5.99. The Morgan fingerprint density at radius 1 is 1.10 bits per heavy atom. The van der Waals surface area contributed by atoms with Crippen LogP contribution in [0.15, 0.2) is 0 Å². The largest absolute Gasteiger partial charge is 0.626 e. The summed E-state index contributed by atoms with van der Waals surface area (Å²) >= 11 is 1.68. The summed E-state index contributed by atoms with van der Waals surface area (Å²) in [5.41, 5.74) is -0.289. The van der Waals surface area contributed by atoms with Crippen molar-refractivity contribution in [1.82, 2.24) is 19.5 Å². The van der Waals surface area contributed by atoms with Gasteiger partial charge in [0.25, 0.3) is 0 Å². The molecule has 0 spiro atoms. The Morgan fingerprint density at radius 3 is 2.39 bits per heavy atom. The van der Waals surface area contributed by atoms with Crippen molar-refractivity contribution in [2.45, 2.75) is 38.1 Å². The molecule has 0 radical (unpaired) electrons. The molecule has 3 aliphatic rings. The van der Waals surface area contributed by atoms with Crippen LogP contribution in [0.2, 0.25) is 0 Å². The molecule has 3 fully saturated rings. The molecule has 1 aromatic rings. The average Bonchev–Trinajstić information content (AvgIpc) is 2.79. The van der Waals surface area contributed by atoms with Crippen LogP contribution in [0.25, 0.3) is 0 Å². The molecule has 0 unspecified atom stereocenters. The highest BCUT2D eigenvalue weighted by molar-refractivity contribution is 7.99. The predicted molar refractivity (Wildman–Crippen MR) is 121 cm³/mol. The summed E-state index contributed by atoms with van der Waals surface area (Å²) in [7, 11) is 0. The molecular formula is C19H29N7O4S. The zero-order valence-electron chi connectivity index (χ0n) is 17.6. The highest BCUT2D eigenvalue weighted by Crippen LogP contribution is 2.40. The number of rotatable bonds is 6. The van der Waals surface area contributed by atoms with E-state index in [1.165, 1.54) is 6.42 Å². The van der Waals surface area contributed by atoms with E-state index in [0.29, 0.717) is 43.6 Å². The highest BCUT2D eigenvalue weighted by atomic mass is 32.2. The number of piperazine rings is 1. The van der Waals surface area contributed by atoms with Crippen LogP contribution in [0.5, 0.6) is 0 Å². The number of quaternary nitrogens is 1. The number of anilines is 2. The first-order valence-corrected chi connectivity index (χ1v) is 12.1. The minimum atomic E-state index is -0.799. The number of hydrogen-bond acceptors (Lipinski definition) is 9. The van der Waals surface area contributed by atoms with Crippen molar-refractivity contribution in [1.29, 1.82) is 0 Å². The van der Waals surface area contributed by atoms with E-state index in [9.17, 15) is 20.1 Å². The lowest BCUT2D eigenvalue weighted by Crippen LogP contribution is -2.51. The number of carbonyl (C=O) groups excluding carboxylic acids is 1. The maximum absolute atomic E-state index is 13.7. The van der Waals surface area contributed by atoms with Gasteiger partial charge < -0.3 is 25.0 Å². The Hall–Kier alpha value is -2.18. The van der Waals surface area contributed by atoms with Crippen molar-refractivity contribution in [2.75, 3.05) is 61.0 Å². The van der Waals surface area contributed by atoms with E-state index in [1.54, 1.807) is 16.7 Å². The Kier molecular flexibility index (Phi) is 6.77. The van der Waals surface area contributed by atoms with Gasteiger partial charge in [0.15, 0.2) is 0 Å². The number of nitrogens with one attached hydrogen (secondary N) is 1. The first kappa shape index (κ1) is 22.0. The Labute approximate surface area is 185 Å². The number of thioether (sulfide) groups is 1. The molecule has 1 amide bonds. The molecule has 12 heteroatoms. The summed E-state index contributed by atoms with van der Waals surface area (Å²) < 4.78 is -0.799.